The first-order valence-corrected chi connectivity index (χ1v) is 8.82. The van der Waals surface area contributed by atoms with Crippen molar-refractivity contribution in [3.8, 4) is 6.07 Å². The summed E-state index contributed by atoms with van der Waals surface area (Å²) in [7, 11) is -3.69. The number of nitriles is 1. The number of rotatable bonds is 6. The SMILES string of the molecule is N#CCCNS(=O)(=O)c1ccc(C(=O)Nc2ccc(Cl)cc2)cc1. The predicted octanol–water partition coefficient (Wildman–Crippen LogP) is 2.78. The molecule has 0 heterocycles. The Bertz CT molecular complexity index is 857. The van der Waals surface area contributed by atoms with Gasteiger partial charge in [0.05, 0.1) is 11.0 Å². The van der Waals surface area contributed by atoms with Crippen LogP contribution in [0.5, 0.6) is 0 Å². The van der Waals surface area contributed by atoms with Crippen molar-refractivity contribution >= 4 is 33.2 Å². The summed E-state index contributed by atoms with van der Waals surface area (Å²) in [5.74, 6) is -0.362. The van der Waals surface area contributed by atoms with Crippen LogP contribution in [0.2, 0.25) is 5.02 Å². The van der Waals surface area contributed by atoms with Gasteiger partial charge in [0, 0.05) is 29.2 Å². The molecule has 24 heavy (non-hydrogen) atoms. The zero-order valence-corrected chi connectivity index (χ0v) is 14.1. The first-order valence-electron chi connectivity index (χ1n) is 6.96. The molecule has 0 radical (unpaired) electrons. The Labute approximate surface area is 145 Å². The van der Waals surface area contributed by atoms with E-state index in [-0.39, 0.29) is 23.8 Å². The number of anilines is 1. The molecule has 0 saturated heterocycles. The van der Waals surface area contributed by atoms with Gasteiger partial charge in [-0.3, -0.25) is 4.79 Å². The Hall–Kier alpha value is -2.40. The quantitative estimate of drug-likeness (QED) is 0.771. The molecule has 2 rings (SSSR count). The maximum Gasteiger partial charge on any atom is 0.255 e. The number of hydrogen-bond donors (Lipinski definition) is 2. The minimum absolute atomic E-state index is 0.0310. The van der Waals surface area contributed by atoms with Crippen LogP contribution < -0.4 is 10.0 Å². The molecule has 0 spiro atoms. The third-order valence-corrected chi connectivity index (χ3v) is 4.79. The van der Waals surface area contributed by atoms with E-state index in [2.05, 4.69) is 10.0 Å². The van der Waals surface area contributed by atoms with Crippen molar-refractivity contribution in [3.05, 3.63) is 59.1 Å². The van der Waals surface area contributed by atoms with Gasteiger partial charge in [-0.15, -0.1) is 0 Å². The van der Waals surface area contributed by atoms with E-state index >= 15 is 0 Å². The van der Waals surface area contributed by atoms with Crippen LogP contribution in [0, 0.1) is 11.3 Å². The molecule has 1 amide bonds. The lowest BCUT2D eigenvalue weighted by Gasteiger charge is -2.07. The Morgan fingerprint density at radius 2 is 1.71 bits per heavy atom. The summed E-state index contributed by atoms with van der Waals surface area (Å²) < 4.78 is 26.3. The van der Waals surface area contributed by atoms with Gasteiger partial charge < -0.3 is 5.32 Å². The van der Waals surface area contributed by atoms with Crippen molar-refractivity contribution in [1.29, 1.82) is 5.26 Å². The van der Waals surface area contributed by atoms with Crippen LogP contribution >= 0.6 is 11.6 Å². The standard InChI is InChI=1S/C16H14ClN3O3S/c17-13-4-6-14(7-5-13)20-16(21)12-2-8-15(9-3-12)24(22,23)19-11-1-10-18/h2-9,19H,1,11H2,(H,20,21). The molecule has 0 unspecified atom stereocenters. The smallest absolute Gasteiger partial charge is 0.255 e. The van der Waals surface area contributed by atoms with E-state index in [9.17, 15) is 13.2 Å². The molecular formula is C16H14ClN3O3S. The molecule has 6 nitrogen and oxygen atoms in total. The molecule has 0 fully saturated rings. The molecule has 2 aromatic rings. The van der Waals surface area contributed by atoms with Crippen LogP contribution in [-0.4, -0.2) is 20.9 Å². The van der Waals surface area contributed by atoms with E-state index in [4.69, 9.17) is 16.9 Å². The Balaban J connectivity index is 2.07. The van der Waals surface area contributed by atoms with Gasteiger partial charge in [0.15, 0.2) is 0 Å². The van der Waals surface area contributed by atoms with Gasteiger partial charge >= 0.3 is 0 Å². The molecular weight excluding hydrogens is 350 g/mol. The first kappa shape index (κ1) is 17.9. The van der Waals surface area contributed by atoms with Crippen molar-refractivity contribution in [1.82, 2.24) is 4.72 Å². The Morgan fingerprint density at radius 1 is 1.08 bits per heavy atom. The summed E-state index contributed by atoms with van der Waals surface area (Å²) >= 11 is 5.78. The van der Waals surface area contributed by atoms with Crippen LogP contribution in [0.15, 0.2) is 53.4 Å². The van der Waals surface area contributed by atoms with Gasteiger partial charge in [-0.2, -0.15) is 5.26 Å². The van der Waals surface area contributed by atoms with Gasteiger partial charge in [-0.05, 0) is 48.5 Å². The average molecular weight is 364 g/mol. The van der Waals surface area contributed by atoms with Gasteiger partial charge in [-0.25, -0.2) is 13.1 Å². The number of hydrogen-bond acceptors (Lipinski definition) is 4. The highest BCUT2D eigenvalue weighted by molar-refractivity contribution is 7.89. The second-order valence-corrected chi connectivity index (χ2v) is 6.99. The molecule has 2 N–H and O–H groups in total. The number of halogens is 1. The van der Waals surface area contributed by atoms with Crippen molar-refractivity contribution in [2.75, 3.05) is 11.9 Å². The van der Waals surface area contributed by atoms with Gasteiger partial charge in [-0.1, -0.05) is 11.6 Å². The second kappa shape index (κ2) is 7.93. The summed E-state index contributed by atoms with van der Waals surface area (Å²) in [6.45, 7) is 0.0393. The monoisotopic (exact) mass is 363 g/mol. The number of nitrogens with zero attached hydrogens (tertiary/aromatic N) is 1. The van der Waals surface area contributed by atoms with Gasteiger partial charge in [0.25, 0.3) is 5.91 Å². The fourth-order valence-electron chi connectivity index (χ4n) is 1.85. The minimum Gasteiger partial charge on any atom is -0.322 e. The molecule has 0 atom stereocenters. The molecule has 8 heteroatoms. The molecule has 0 aliphatic heterocycles. The summed E-state index contributed by atoms with van der Waals surface area (Å²) in [4.78, 5) is 12.2. The summed E-state index contributed by atoms with van der Waals surface area (Å²) in [5, 5.41) is 11.7. The van der Waals surface area contributed by atoms with E-state index in [0.717, 1.165) is 0 Å². The lowest BCUT2D eigenvalue weighted by atomic mass is 10.2. The largest absolute Gasteiger partial charge is 0.322 e. The molecule has 0 saturated carbocycles. The third kappa shape index (κ3) is 4.80. The topological polar surface area (TPSA) is 99.1 Å². The number of sulfonamides is 1. The van der Waals surface area contributed by atoms with E-state index in [0.29, 0.717) is 16.3 Å². The highest BCUT2D eigenvalue weighted by Crippen LogP contribution is 2.15. The second-order valence-electron chi connectivity index (χ2n) is 4.79. The molecule has 0 aliphatic carbocycles. The lowest BCUT2D eigenvalue weighted by molar-refractivity contribution is 0.102. The fourth-order valence-corrected chi connectivity index (χ4v) is 3.00. The van der Waals surface area contributed by atoms with Crippen molar-refractivity contribution in [3.63, 3.8) is 0 Å². The average Bonchev–Trinajstić information content (AvgIpc) is 2.57. The van der Waals surface area contributed by atoms with Crippen molar-refractivity contribution in [2.24, 2.45) is 0 Å². The van der Waals surface area contributed by atoms with Crippen LogP contribution in [-0.2, 0) is 10.0 Å². The highest BCUT2D eigenvalue weighted by atomic mass is 35.5. The normalized spacial score (nSPS) is 10.8. The first-order chi connectivity index (χ1) is 11.4. The van der Waals surface area contributed by atoms with Gasteiger partial charge in [0.2, 0.25) is 10.0 Å². The van der Waals surface area contributed by atoms with Crippen LogP contribution in [0.1, 0.15) is 16.8 Å². The molecule has 0 aliphatic rings. The maximum atomic E-state index is 12.1. The van der Waals surface area contributed by atoms with E-state index in [1.165, 1.54) is 24.3 Å². The van der Waals surface area contributed by atoms with E-state index in [1.807, 2.05) is 6.07 Å². The predicted molar refractivity (Wildman–Crippen MR) is 91.3 cm³/mol. The molecule has 124 valence electrons. The Morgan fingerprint density at radius 3 is 2.29 bits per heavy atom. The number of nitrogens with one attached hydrogen (secondary N) is 2. The summed E-state index contributed by atoms with van der Waals surface area (Å²) in [5.41, 5.74) is 0.903. The van der Waals surface area contributed by atoms with Crippen molar-refractivity contribution in [2.45, 2.75) is 11.3 Å². The summed E-state index contributed by atoms with van der Waals surface area (Å²) in [6, 6.07) is 14.0. The third-order valence-electron chi connectivity index (χ3n) is 3.06. The number of carbonyl (C=O) groups excluding carboxylic acids is 1. The number of amides is 1. The highest BCUT2D eigenvalue weighted by Gasteiger charge is 2.14. The lowest BCUT2D eigenvalue weighted by Crippen LogP contribution is -2.24. The molecule has 2 aromatic carbocycles. The van der Waals surface area contributed by atoms with E-state index < -0.39 is 10.0 Å². The number of carbonyl (C=O) groups is 1. The maximum absolute atomic E-state index is 12.1. The number of benzene rings is 2. The summed E-state index contributed by atoms with van der Waals surface area (Å²) in [6.07, 6.45) is 0.0841. The minimum atomic E-state index is -3.69. The molecule has 0 bridgehead atoms. The van der Waals surface area contributed by atoms with Crippen LogP contribution in [0.3, 0.4) is 0 Å². The van der Waals surface area contributed by atoms with E-state index in [1.54, 1.807) is 24.3 Å². The zero-order chi connectivity index (χ0) is 17.6. The van der Waals surface area contributed by atoms with Crippen LogP contribution in [0.25, 0.3) is 0 Å². The van der Waals surface area contributed by atoms with Crippen LogP contribution in [0.4, 0.5) is 5.69 Å². The Kier molecular flexibility index (Phi) is 5.93. The van der Waals surface area contributed by atoms with Crippen molar-refractivity contribution < 1.29 is 13.2 Å². The zero-order valence-electron chi connectivity index (χ0n) is 12.5. The molecule has 0 aromatic heterocycles. The van der Waals surface area contributed by atoms with Gasteiger partial charge in [0.1, 0.15) is 0 Å². The fraction of sp³-hybridized carbons (Fsp3) is 0.125.